The molecule has 0 bridgehead atoms. The Kier molecular flexibility index (Phi) is 4.81. The van der Waals surface area contributed by atoms with Crippen LogP contribution in [0.4, 0.5) is 17.1 Å². The van der Waals surface area contributed by atoms with Crippen molar-refractivity contribution in [3.05, 3.63) is 29.6 Å². The maximum absolute atomic E-state index is 7.11. The molecule has 3 rings (SSSR count). The number of hydrogen-bond acceptors (Lipinski definition) is 4. The Bertz CT molecular complexity index is 540. The minimum atomic E-state index is 0.444. The molecule has 5 nitrogen and oxygen atoms in total. The third-order valence-corrected chi connectivity index (χ3v) is 4.76. The maximum atomic E-state index is 7.11. The predicted molar refractivity (Wildman–Crippen MR) is 89.2 cm³/mol. The largest absolute Gasteiger partial charge is 0.397 e. The third-order valence-electron chi connectivity index (χ3n) is 4.76. The molecule has 0 aliphatic carbocycles. The molecule has 22 heavy (non-hydrogen) atoms. The summed E-state index contributed by atoms with van der Waals surface area (Å²) >= 11 is 0. The number of hydrogen-bond donors (Lipinski definition) is 2. The van der Waals surface area contributed by atoms with Crippen molar-refractivity contribution < 1.29 is 4.74 Å². The van der Waals surface area contributed by atoms with Crippen LogP contribution in [0.3, 0.4) is 0 Å². The van der Waals surface area contributed by atoms with E-state index in [1.54, 1.807) is 6.07 Å². The van der Waals surface area contributed by atoms with Crippen LogP contribution in [-0.2, 0) is 4.74 Å². The van der Waals surface area contributed by atoms with Gasteiger partial charge in [0.25, 0.3) is 0 Å². The summed E-state index contributed by atoms with van der Waals surface area (Å²) in [6, 6.07) is 6.57. The van der Waals surface area contributed by atoms with Gasteiger partial charge in [-0.2, -0.15) is 0 Å². The Hall–Kier alpha value is -1.77. The molecule has 0 amide bonds. The van der Waals surface area contributed by atoms with Gasteiger partial charge in [0.2, 0.25) is 0 Å². The van der Waals surface area contributed by atoms with Crippen LogP contribution >= 0.6 is 0 Å². The van der Waals surface area contributed by atoms with Gasteiger partial charge in [-0.1, -0.05) is 6.07 Å². The normalized spacial score (nSPS) is 21.4. The van der Waals surface area contributed by atoms with Gasteiger partial charge in [-0.15, -0.1) is 0 Å². The summed E-state index contributed by atoms with van der Waals surface area (Å²) in [6.45, 7) is 11.2. The zero-order chi connectivity index (χ0) is 15.4. The predicted octanol–water partition coefficient (Wildman–Crippen LogP) is 2.87. The van der Waals surface area contributed by atoms with Crippen molar-refractivity contribution in [2.75, 3.05) is 37.4 Å². The highest BCUT2D eigenvalue weighted by atomic mass is 16.5. The van der Waals surface area contributed by atoms with E-state index in [1.807, 2.05) is 12.1 Å². The number of nitrogens with zero attached hydrogens (tertiary/aromatic N) is 2. The SMILES string of the molecule is [C-]#[N+]c1ccc(N)c(NC2CCN(C3CCOCC3)CC2)c1. The van der Waals surface area contributed by atoms with Crippen LogP contribution in [0.5, 0.6) is 0 Å². The number of benzene rings is 1. The van der Waals surface area contributed by atoms with E-state index in [2.05, 4.69) is 15.1 Å². The second kappa shape index (κ2) is 6.99. The summed E-state index contributed by atoms with van der Waals surface area (Å²) in [6.07, 6.45) is 4.58. The Morgan fingerprint density at radius 2 is 1.91 bits per heavy atom. The van der Waals surface area contributed by atoms with E-state index in [4.69, 9.17) is 17.0 Å². The van der Waals surface area contributed by atoms with Crippen molar-refractivity contribution in [2.24, 2.45) is 0 Å². The number of nitrogens with two attached hydrogens (primary N) is 1. The monoisotopic (exact) mass is 300 g/mol. The number of nitrogens with one attached hydrogen (secondary N) is 1. The first-order valence-electron chi connectivity index (χ1n) is 8.11. The van der Waals surface area contributed by atoms with Crippen LogP contribution in [0.15, 0.2) is 18.2 Å². The maximum Gasteiger partial charge on any atom is 0.189 e. The van der Waals surface area contributed by atoms with Crippen molar-refractivity contribution in [1.82, 2.24) is 4.90 Å². The first-order valence-corrected chi connectivity index (χ1v) is 8.11. The molecule has 2 saturated heterocycles. The first-order chi connectivity index (χ1) is 10.8. The minimum Gasteiger partial charge on any atom is -0.397 e. The average Bonchev–Trinajstić information content (AvgIpc) is 2.58. The van der Waals surface area contributed by atoms with Crippen LogP contribution < -0.4 is 11.1 Å². The Morgan fingerprint density at radius 3 is 2.59 bits per heavy atom. The van der Waals surface area contributed by atoms with Crippen LogP contribution in [0, 0.1) is 6.57 Å². The van der Waals surface area contributed by atoms with E-state index in [0.717, 1.165) is 63.4 Å². The molecule has 1 aromatic rings. The molecule has 5 heteroatoms. The number of rotatable bonds is 3. The fraction of sp³-hybridized carbons (Fsp3) is 0.588. The smallest absolute Gasteiger partial charge is 0.189 e. The number of nitrogen functional groups attached to an aromatic ring is 1. The van der Waals surface area contributed by atoms with Crippen molar-refractivity contribution in [2.45, 2.75) is 37.8 Å². The van der Waals surface area contributed by atoms with Gasteiger partial charge in [-0.25, -0.2) is 4.85 Å². The van der Waals surface area contributed by atoms with Crippen molar-refractivity contribution in [3.8, 4) is 0 Å². The van der Waals surface area contributed by atoms with Gasteiger partial charge in [0.05, 0.1) is 12.3 Å². The number of likely N-dealkylation sites (tertiary alicyclic amines) is 1. The Morgan fingerprint density at radius 1 is 1.18 bits per heavy atom. The van der Waals surface area contributed by atoms with E-state index in [0.29, 0.717) is 17.8 Å². The van der Waals surface area contributed by atoms with E-state index >= 15 is 0 Å². The molecule has 0 spiro atoms. The highest BCUT2D eigenvalue weighted by Gasteiger charge is 2.26. The molecular formula is C17H24N4O. The fourth-order valence-electron chi connectivity index (χ4n) is 3.42. The lowest BCUT2D eigenvalue weighted by Crippen LogP contribution is -2.46. The lowest BCUT2D eigenvalue weighted by Gasteiger charge is -2.39. The van der Waals surface area contributed by atoms with E-state index in [-0.39, 0.29) is 0 Å². The summed E-state index contributed by atoms with van der Waals surface area (Å²) in [4.78, 5) is 6.08. The van der Waals surface area contributed by atoms with Gasteiger partial charge >= 0.3 is 0 Å². The van der Waals surface area contributed by atoms with Gasteiger partial charge in [0.15, 0.2) is 5.69 Å². The van der Waals surface area contributed by atoms with Gasteiger partial charge < -0.3 is 20.7 Å². The van der Waals surface area contributed by atoms with Crippen molar-refractivity contribution in [3.63, 3.8) is 0 Å². The second-order valence-corrected chi connectivity index (χ2v) is 6.18. The molecule has 2 aliphatic rings. The zero-order valence-corrected chi connectivity index (χ0v) is 12.9. The molecule has 2 fully saturated rings. The molecular weight excluding hydrogens is 276 g/mol. The highest BCUT2D eigenvalue weighted by Crippen LogP contribution is 2.28. The minimum absolute atomic E-state index is 0.444. The molecule has 0 atom stereocenters. The molecule has 2 aliphatic heterocycles. The van der Waals surface area contributed by atoms with Crippen LogP contribution in [-0.4, -0.2) is 43.3 Å². The van der Waals surface area contributed by atoms with Gasteiger partial charge in [0, 0.05) is 44.1 Å². The fourth-order valence-corrected chi connectivity index (χ4v) is 3.42. The lowest BCUT2D eigenvalue weighted by atomic mass is 9.99. The first kappa shape index (κ1) is 15.1. The standard InChI is InChI=1S/C17H24N4O/c1-19-14-2-3-16(18)17(12-14)20-13-4-8-21(9-5-13)15-6-10-22-11-7-15/h2-3,12-13,15,20H,4-11,18H2. The second-order valence-electron chi connectivity index (χ2n) is 6.18. The van der Waals surface area contributed by atoms with E-state index < -0.39 is 0 Å². The average molecular weight is 300 g/mol. The molecule has 1 aromatic carbocycles. The Labute approximate surface area is 132 Å². The molecule has 0 aromatic heterocycles. The Balaban J connectivity index is 1.54. The summed E-state index contributed by atoms with van der Waals surface area (Å²) in [5.74, 6) is 0. The number of ether oxygens (including phenoxy) is 1. The summed E-state index contributed by atoms with van der Waals surface area (Å²) in [7, 11) is 0. The van der Waals surface area contributed by atoms with Crippen LogP contribution in [0.2, 0.25) is 0 Å². The molecule has 2 heterocycles. The number of anilines is 2. The summed E-state index contributed by atoms with van der Waals surface area (Å²) < 4.78 is 5.45. The molecule has 118 valence electrons. The third kappa shape index (κ3) is 3.52. The van der Waals surface area contributed by atoms with Gasteiger partial charge in [-0.3, -0.25) is 0 Å². The molecule has 0 radical (unpaired) electrons. The lowest BCUT2D eigenvalue weighted by molar-refractivity contribution is 0.0262. The van der Waals surface area contributed by atoms with E-state index in [1.165, 1.54) is 0 Å². The quantitative estimate of drug-likeness (QED) is 0.666. The van der Waals surface area contributed by atoms with Crippen LogP contribution in [0.1, 0.15) is 25.7 Å². The number of piperidine rings is 1. The molecule has 3 N–H and O–H groups in total. The van der Waals surface area contributed by atoms with Gasteiger partial charge in [-0.05, 0) is 37.8 Å². The zero-order valence-electron chi connectivity index (χ0n) is 12.9. The van der Waals surface area contributed by atoms with Crippen molar-refractivity contribution >= 4 is 17.1 Å². The summed E-state index contributed by atoms with van der Waals surface area (Å²) in [5.41, 5.74) is 8.27. The van der Waals surface area contributed by atoms with E-state index in [9.17, 15) is 0 Å². The van der Waals surface area contributed by atoms with Crippen molar-refractivity contribution in [1.29, 1.82) is 0 Å². The van der Waals surface area contributed by atoms with Gasteiger partial charge in [0.1, 0.15) is 0 Å². The molecule has 0 saturated carbocycles. The molecule has 0 unspecified atom stereocenters. The highest BCUT2D eigenvalue weighted by molar-refractivity contribution is 5.72. The topological polar surface area (TPSA) is 54.9 Å². The summed E-state index contributed by atoms with van der Waals surface area (Å²) in [5, 5.41) is 3.53. The van der Waals surface area contributed by atoms with Crippen LogP contribution in [0.25, 0.3) is 4.85 Å².